The fourth-order valence-corrected chi connectivity index (χ4v) is 2.98. The summed E-state index contributed by atoms with van der Waals surface area (Å²) in [5.74, 6) is -2.04. The molecule has 1 N–H and O–H groups in total. The molecule has 0 spiro atoms. The van der Waals surface area contributed by atoms with E-state index in [-0.39, 0.29) is 5.56 Å². The topological polar surface area (TPSA) is 41.6 Å². The Bertz CT molecular complexity index is 774. The summed E-state index contributed by atoms with van der Waals surface area (Å²) in [4.78, 5) is 14.7. The van der Waals surface area contributed by atoms with Gasteiger partial charge in [-0.2, -0.15) is 0 Å². The molecule has 1 saturated heterocycles. The average Bonchev–Trinajstić information content (AvgIpc) is 3.10. The van der Waals surface area contributed by atoms with Crippen molar-refractivity contribution in [3.63, 3.8) is 0 Å². The van der Waals surface area contributed by atoms with Crippen LogP contribution in [-0.2, 0) is 6.54 Å². The van der Waals surface area contributed by atoms with Crippen molar-refractivity contribution in [2.45, 2.75) is 19.4 Å². The molecule has 2 aromatic rings. The zero-order valence-electron chi connectivity index (χ0n) is 14.0. The highest BCUT2D eigenvalue weighted by Crippen LogP contribution is 2.27. The van der Waals surface area contributed by atoms with E-state index in [1.54, 1.807) is 6.07 Å². The summed E-state index contributed by atoms with van der Waals surface area (Å²) in [7, 11) is 1.52. The molecule has 2 aromatic carbocycles. The van der Waals surface area contributed by atoms with E-state index < -0.39 is 17.5 Å². The maximum atomic E-state index is 13.3. The first-order chi connectivity index (χ1) is 12.1. The van der Waals surface area contributed by atoms with Crippen LogP contribution in [0.5, 0.6) is 5.75 Å². The number of benzene rings is 2. The Balaban J connectivity index is 1.79. The average molecular weight is 346 g/mol. The zero-order valence-corrected chi connectivity index (χ0v) is 14.0. The number of nitrogens with one attached hydrogen (secondary N) is 1. The molecule has 0 bridgehead atoms. The lowest BCUT2D eigenvalue weighted by Crippen LogP contribution is -2.19. The molecule has 3 rings (SSSR count). The molecule has 1 fully saturated rings. The third kappa shape index (κ3) is 4.14. The lowest BCUT2D eigenvalue weighted by Gasteiger charge is -2.17. The first-order valence-corrected chi connectivity index (χ1v) is 8.22. The van der Waals surface area contributed by atoms with Crippen molar-refractivity contribution in [2.24, 2.45) is 0 Å². The van der Waals surface area contributed by atoms with Crippen LogP contribution in [0.2, 0.25) is 0 Å². The second-order valence-electron chi connectivity index (χ2n) is 6.10. The maximum absolute atomic E-state index is 13.3. The van der Waals surface area contributed by atoms with Gasteiger partial charge in [0.15, 0.2) is 11.6 Å². The standard InChI is InChI=1S/C19H20F2N2O2/c1-25-18-7-4-13(12-23-8-2-3-9-23)10-17(18)22-19(24)14-5-6-15(20)16(21)11-14/h4-7,10-11H,2-3,8-9,12H2,1H3,(H,22,24). The number of carbonyl (C=O) groups is 1. The van der Waals surface area contributed by atoms with Crippen LogP contribution in [0.3, 0.4) is 0 Å². The molecule has 25 heavy (non-hydrogen) atoms. The Morgan fingerprint density at radius 3 is 2.56 bits per heavy atom. The van der Waals surface area contributed by atoms with Crippen LogP contribution < -0.4 is 10.1 Å². The number of rotatable bonds is 5. The number of carbonyl (C=O) groups excluding carboxylic acids is 1. The lowest BCUT2D eigenvalue weighted by atomic mass is 10.1. The lowest BCUT2D eigenvalue weighted by molar-refractivity contribution is 0.102. The van der Waals surface area contributed by atoms with E-state index in [9.17, 15) is 13.6 Å². The van der Waals surface area contributed by atoms with Gasteiger partial charge in [-0.05, 0) is 61.8 Å². The highest BCUT2D eigenvalue weighted by atomic mass is 19.2. The van der Waals surface area contributed by atoms with Crippen LogP contribution in [-0.4, -0.2) is 31.0 Å². The summed E-state index contributed by atoms with van der Waals surface area (Å²) < 4.78 is 31.6. The number of hydrogen-bond acceptors (Lipinski definition) is 3. The van der Waals surface area contributed by atoms with Crippen molar-refractivity contribution < 1.29 is 18.3 Å². The van der Waals surface area contributed by atoms with E-state index in [1.165, 1.54) is 26.0 Å². The number of anilines is 1. The molecular formula is C19H20F2N2O2. The molecule has 1 aliphatic rings. The van der Waals surface area contributed by atoms with Gasteiger partial charge in [0.2, 0.25) is 0 Å². The van der Waals surface area contributed by atoms with Gasteiger partial charge in [-0.3, -0.25) is 9.69 Å². The van der Waals surface area contributed by atoms with Crippen molar-refractivity contribution in [3.05, 3.63) is 59.2 Å². The largest absolute Gasteiger partial charge is 0.495 e. The monoisotopic (exact) mass is 346 g/mol. The number of methoxy groups -OCH3 is 1. The molecule has 132 valence electrons. The second kappa shape index (κ2) is 7.61. The first-order valence-electron chi connectivity index (χ1n) is 8.22. The van der Waals surface area contributed by atoms with Gasteiger partial charge in [-0.1, -0.05) is 6.07 Å². The third-order valence-corrected chi connectivity index (χ3v) is 4.30. The molecule has 0 aromatic heterocycles. The summed E-state index contributed by atoms with van der Waals surface area (Å²) in [5, 5.41) is 2.72. The van der Waals surface area contributed by atoms with Gasteiger partial charge in [0, 0.05) is 12.1 Å². The predicted octanol–water partition coefficient (Wildman–Crippen LogP) is 3.82. The Morgan fingerprint density at radius 2 is 1.88 bits per heavy atom. The Kier molecular flexibility index (Phi) is 5.28. The zero-order chi connectivity index (χ0) is 17.8. The molecule has 1 aliphatic heterocycles. The molecule has 0 unspecified atom stereocenters. The number of nitrogens with zero attached hydrogens (tertiary/aromatic N) is 1. The number of amides is 1. The molecule has 0 atom stereocenters. The molecular weight excluding hydrogens is 326 g/mol. The van der Waals surface area contributed by atoms with Gasteiger partial charge < -0.3 is 10.1 Å². The van der Waals surface area contributed by atoms with Gasteiger partial charge in [-0.15, -0.1) is 0 Å². The van der Waals surface area contributed by atoms with Crippen LogP contribution in [0.1, 0.15) is 28.8 Å². The summed E-state index contributed by atoms with van der Waals surface area (Å²) in [5.41, 5.74) is 1.61. The molecule has 6 heteroatoms. The van der Waals surface area contributed by atoms with Gasteiger partial charge >= 0.3 is 0 Å². The molecule has 1 heterocycles. The van der Waals surface area contributed by atoms with Crippen LogP contribution in [0.4, 0.5) is 14.5 Å². The van der Waals surface area contributed by atoms with Crippen molar-refractivity contribution in [1.82, 2.24) is 4.90 Å². The van der Waals surface area contributed by atoms with E-state index in [0.717, 1.165) is 37.3 Å². The van der Waals surface area contributed by atoms with Crippen molar-refractivity contribution in [1.29, 1.82) is 0 Å². The molecule has 4 nitrogen and oxygen atoms in total. The van der Waals surface area contributed by atoms with E-state index in [1.807, 2.05) is 12.1 Å². The molecule has 0 aliphatic carbocycles. The molecule has 1 amide bonds. The fraction of sp³-hybridized carbons (Fsp3) is 0.316. The normalized spacial score (nSPS) is 14.5. The summed E-state index contributed by atoms with van der Waals surface area (Å²) in [6.07, 6.45) is 2.41. The van der Waals surface area contributed by atoms with Crippen molar-refractivity contribution >= 4 is 11.6 Å². The van der Waals surface area contributed by atoms with Crippen molar-refractivity contribution in [3.8, 4) is 5.75 Å². The maximum Gasteiger partial charge on any atom is 0.255 e. The Morgan fingerprint density at radius 1 is 1.12 bits per heavy atom. The molecule has 0 saturated carbocycles. The fourth-order valence-electron chi connectivity index (χ4n) is 2.98. The smallest absolute Gasteiger partial charge is 0.255 e. The second-order valence-corrected chi connectivity index (χ2v) is 6.10. The SMILES string of the molecule is COc1ccc(CN2CCCC2)cc1NC(=O)c1ccc(F)c(F)c1. The van der Waals surface area contributed by atoms with E-state index >= 15 is 0 Å². The van der Waals surface area contributed by atoms with E-state index in [2.05, 4.69) is 10.2 Å². The van der Waals surface area contributed by atoms with Gasteiger partial charge in [0.1, 0.15) is 5.75 Å². The summed E-state index contributed by atoms with van der Waals surface area (Å²) in [6, 6.07) is 8.68. The van der Waals surface area contributed by atoms with Gasteiger partial charge in [0.25, 0.3) is 5.91 Å². The van der Waals surface area contributed by atoms with Crippen LogP contribution in [0.15, 0.2) is 36.4 Å². The quantitative estimate of drug-likeness (QED) is 0.895. The minimum Gasteiger partial charge on any atom is -0.495 e. The third-order valence-electron chi connectivity index (χ3n) is 4.30. The van der Waals surface area contributed by atoms with Gasteiger partial charge in [-0.25, -0.2) is 8.78 Å². The van der Waals surface area contributed by atoms with Crippen LogP contribution >= 0.6 is 0 Å². The highest BCUT2D eigenvalue weighted by Gasteiger charge is 2.15. The first kappa shape index (κ1) is 17.4. The number of likely N-dealkylation sites (tertiary alicyclic amines) is 1. The number of hydrogen-bond donors (Lipinski definition) is 1. The number of halogens is 2. The predicted molar refractivity (Wildman–Crippen MR) is 91.8 cm³/mol. The highest BCUT2D eigenvalue weighted by molar-refractivity contribution is 6.05. The van der Waals surface area contributed by atoms with Crippen molar-refractivity contribution in [2.75, 3.05) is 25.5 Å². The minimum atomic E-state index is -1.05. The molecule has 0 radical (unpaired) electrons. The summed E-state index contributed by atoms with van der Waals surface area (Å²) >= 11 is 0. The number of ether oxygens (including phenoxy) is 1. The van der Waals surface area contributed by atoms with Crippen LogP contribution in [0.25, 0.3) is 0 Å². The Labute approximate surface area is 145 Å². The van der Waals surface area contributed by atoms with E-state index in [4.69, 9.17) is 4.74 Å². The van der Waals surface area contributed by atoms with Gasteiger partial charge in [0.05, 0.1) is 12.8 Å². The minimum absolute atomic E-state index is 0.0471. The summed E-state index contributed by atoms with van der Waals surface area (Å²) in [6.45, 7) is 2.95. The van der Waals surface area contributed by atoms with Crippen LogP contribution in [0, 0.1) is 11.6 Å². The van der Waals surface area contributed by atoms with E-state index in [0.29, 0.717) is 11.4 Å². The Hall–Kier alpha value is -2.47.